The quantitative estimate of drug-likeness (QED) is 0.750. The van der Waals surface area contributed by atoms with Crippen LogP contribution in [0.25, 0.3) is 0 Å². The maximum Gasteiger partial charge on any atom is 0.243 e. The molecule has 0 bridgehead atoms. The molecule has 0 saturated carbocycles. The van der Waals surface area contributed by atoms with Gasteiger partial charge in [0, 0.05) is 18.7 Å². The van der Waals surface area contributed by atoms with Gasteiger partial charge in [-0.25, -0.2) is 0 Å². The average Bonchev–Trinajstić information content (AvgIpc) is 3.19. The number of aryl methyl sites for hydroxylation is 2. The molecular formula is C22H31N5O3. The van der Waals surface area contributed by atoms with E-state index >= 15 is 0 Å². The predicted octanol–water partition coefficient (Wildman–Crippen LogP) is 2.61. The molecule has 1 aromatic heterocycles. The highest BCUT2D eigenvalue weighted by Crippen LogP contribution is 2.27. The van der Waals surface area contributed by atoms with Crippen LogP contribution in [-0.2, 0) is 16.0 Å². The van der Waals surface area contributed by atoms with E-state index in [4.69, 9.17) is 4.52 Å². The van der Waals surface area contributed by atoms with E-state index in [-0.39, 0.29) is 30.3 Å². The standard InChI is InChI=1S/C22H31N5O3/c1-5-17-8-6-7-9-19(17)24-20(28)14-26(4)22(29)15(2)27-12-10-18(11-13-27)21-23-16(3)25-30-21/h6-9,15,18H,5,10-14H2,1-4H3,(H,24,28). The first-order valence-corrected chi connectivity index (χ1v) is 10.6. The van der Waals surface area contributed by atoms with Gasteiger partial charge in [0.05, 0.1) is 12.6 Å². The lowest BCUT2D eigenvalue weighted by atomic mass is 9.95. The van der Waals surface area contributed by atoms with E-state index < -0.39 is 0 Å². The molecule has 3 rings (SSSR count). The van der Waals surface area contributed by atoms with Crippen molar-refractivity contribution in [1.29, 1.82) is 0 Å². The van der Waals surface area contributed by atoms with E-state index in [0.29, 0.717) is 11.7 Å². The molecule has 0 spiro atoms. The van der Waals surface area contributed by atoms with Crippen LogP contribution in [0, 0.1) is 6.92 Å². The SMILES string of the molecule is CCc1ccccc1NC(=O)CN(C)C(=O)C(C)N1CCC(c2nc(C)no2)CC1. The Hall–Kier alpha value is -2.74. The lowest BCUT2D eigenvalue weighted by Gasteiger charge is -2.35. The first-order valence-electron chi connectivity index (χ1n) is 10.6. The Morgan fingerprint density at radius 2 is 2.00 bits per heavy atom. The van der Waals surface area contributed by atoms with Gasteiger partial charge in [-0.05, 0) is 57.8 Å². The van der Waals surface area contributed by atoms with Gasteiger partial charge in [-0.15, -0.1) is 0 Å². The fraction of sp³-hybridized carbons (Fsp3) is 0.545. The minimum Gasteiger partial charge on any atom is -0.339 e. The number of rotatable bonds is 7. The smallest absolute Gasteiger partial charge is 0.243 e. The Morgan fingerprint density at radius 1 is 1.30 bits per heavy atom. The topological polar surface area (TPSA) is 91.6 Å². The van der Waals surface area contributed by atoms with E-state index in [1.165, 1.54) is 4.90 Å². The summed E-state index contributed by atoms with van der Waals surface area (Å²) in [6, 6.07) is 7.44. The molecule has 1 aliphatic heterocycles. The summed E-state index contributed by atoms with van der Waals surface area (Å²) in [5.41, 5.74) is 1.88. The zero-order valence-corrected chi connectivity index (χ0v) is 18.2. The van der Waals surface area contributed by atoms with Gasteiger partial charge < -0.3 is 14.7 Å². The van der Waals surface area contributed by atoms with Crippen LogP contribution in [0.5, 0.6) is 0 Å². The number of piperidine rings is 1. The number of carbonyl (C=O) groups excluding carboxylic acids is 2. The highest BCUT2D eigenvalue weighted by molar-refractivity contribution is 5.95. The zero-order chi connectivity index (χ0) is 21.7. The van der Waals surface area contributed by atoms with Crippen LogP contribution in [0.2, 0.25) is 0 Å². The molecule has 1 atom stereocenters. The minimum atomic E-state index is -0.281. The lowest BCUT2D eigenvalue weighted by Crippen LogP contribution is -2.49. The van der Waals surface area contributed by atoms with E-state index in [2.05, 4.69) is 20.4 Å². The number of likely N-dealkylation sites (N-methyl/N-ethyl adjacent to an activating group) is 1. The molecule has 1 saturated heterocycles. The first kappa shape index (κ1) is 22.0. The Bertz CT molecular complexity index is 873. The summed E-state index contributed by atoms with van der Waals surface area (Å²) in [6.07, 6.45) is 2.58. The number of benzene rings is 1. The van der Waals surface area contributed by atoms with Crippen LogP contribution in [-0.4, -0.2) is 64.5 Å². The number of amides is 2. The number of hydrogen-bond acceptors (Lipinski definition) is 6. The molecule has 8 heteroatoms. The number of para-hydroxylation sites is 1. The monoisotopic (exact) mass is 413 g/mol. The van der Waals surface area contributed by atoms with E-state index in [1.807, 2.05) is 45.0 Å². The second-order valence-corrected chi connectivity index (χ2v) is 7.92. The van der Waals surface area contributed by atoms with Crippen LogP contribution in [0.3, 0.4) is 0 Å². The summed E-state index contributed by atoms with van der Waals surface area (Å²) in [5, 5.41) is 6.79. The molecule has 1 N–H and O–H groups in total. The fourth-order valence-corrected chi connectivity index (χ4v) is 3.92. The van der Waals surface area contributed by atoms with Crippen LogP contribution >= 0.6 is 0 Å². The molecule has 0 radical (unpaired) electrons. The third-order valence-electron chi connectivity index (χ3n) is 5.76. The van der Waals surface area contributed by atoms with Gasteiger partial charge in [0.25, 0.3) is 0 Å². The summed E-state index contributed by atoms with van der Waals surface area (Å²) in [6.45, 7) is 7.35. The number of nitrogens with zero attached hydrogens (tertiary/aromatic N) is 4. The molecule has 1 fully saturated rings. The van der Waals surface area contributed by atoms with Gasteiger partial charge in [-0.1, -0.05) is 30.3 Å². The highest BCUT2D eigenvalue weighted by atomic mass is 16.5. The largest absolute Gasteiger partial charge is 0.339 e. The predicted molar refractivity (Wildman–Crippen MR) is 114 cm³/mol. The van der Waals surface area contributed by atoms with E-state index in [9.17, 15) is 9.59 Å². The number of carbonyl (C=O) groups is 2. The first-order chi connectivity index (χ1) is 14.4. The molecule has 30 heavy (non-hydrogen) atoms. The minimum absolute atomic E-state index is 0.0267. The Morgan fingerprint density at radius 3 is 2.63 bits per heavy atom. The van der Waals surface area contributed by atoms with Gasteiger partial charge in [0.2, 0.25) is 17.7 Å². The number of anilines is 1. The fourth-order valence-electron chi connectivity index (χ4n) is 3.92. The second-order valence-electron chi connectivity index (χ2n) is 7.92. The van der Waals surface area contributed by atoms with Crippen molar-refractivity contribution in [2.45, 2.75) is 52.0 Å². The molecule has 2 aromatic rings. The van der Waals surface area contributed by atoms with Crippen LogP contribution in [0.1, 0.15) is 49.9 Å². The van der Waals surface area contributed by atoms with Crippen LogP contribution in [0.4, 0.5) is 5.69 Å². The van der Waals surface area contributed by atoms with Crippen LogP contribution < -0.4 is 5.32 Å². The Labute approximate surface area is 177 Å². The number of hydrogen-bond donors (Lipinski definition) is 1. The summed E-state index contributed by atoms with van der Waals surface area (Å²) in [7, 11) is 1.68. The number of likely N-dealkylation sites (tertiary alicyclic amines) is 1. The zero-order valence-electron chi connectivity index (χ0n) is 18.2. The van der Waals surface area contributed by atoms with Crippen molar-refractivity contribution in [3.05, 3.63) is 41.5 Å². The van der Waals surface area contributed by atoms with Crippen molar-refractivity contribution in [3.63, 3.8) is 0 Å². The van der Waals surface area contributed by atoms with Gasteiger partial charge in [-0.3, -0.25) is 14.5 Å². The van der Waals surface area contributed by atoms with Crippen molar-refractivity contribution in [2.75, 3.05) is 32.0 Å². The number of nitrogens with one attached hydrogen (secondary N) is 1. The summed E-state index contributed by atoms with van der Waals surface area (Å²) >= 11 is 0. The molecular weight excluding hydrogens is 382 g/mol. The average molecular weight is 414 g/mol. The van der Waals surface area contributed by atoms with Crippen molar-refractivity contribution in [1.82, 2.24) is 19.9 Å². The molecule has 162 valence electrons. The van der Waals surface area contributed by atoms with Crippen LogP contribution in [0.15, 0.2) is 28.8 Å². The van der Waals surface area contributed by atoms with Crippen molar-refractivity contribution in [2.24, 2.45) is 0 Å². The molecule has 1 aliphatic rings. The molecule has 1 aromatic carbocycles. The normalized spacial score (nSPS) is 16.3. The Kier molecular flexibility index (Phi) is 7.20. The van der Waals surface area contributed by atoms with Crippen molar-refractivity contribution in [3.8, 4) is 0 Å². The second kappa shape index (κ2) is 9.84. The molecule has 2 heterocycles. The van der Waals surface area contributed by atoms with Gasteiger partial charge in [-0.2, -0.15) is 4.98 Å². The molecule has 2 amide bonds. The summed E-state index contributed by atoms with van der Waals surface area (Å²) in [4.78, 5) is 33.3. The van der Waals surface area contributed by atoms with E-state index in [1.54, 1.807) is 7.05 Å². The number of aromatic nitrogens is 2. The lowest BCUT2D eigenvalue weighted by molar-refractivity contribution is -0.138. The van der Waals surface area contributed by atoms with Gasteiger partial charge in [0.1, 0.15) is 0 Å². The summed E-state index contributed by atoms with van der Waals surface area (Å²) in [5.74, 6) is 1.34. The van der Waals surface area contributed by atoms with E-state index in [0.717, 1.165) is 43.6 Å². The maximum absolute atomic E-state index is 12.9. The van der Waals surface area contributed by atoms with Gasteiger partial charge in [0.15, 0.2) is 5.82 Å². The highest BCUT2D eigenvalue weighted by Gasteiger charge is 2.31. The third-order valence-corrected chi connectivity index (χ3v) is 5.76. The third kappa shape index (κ3) is 5.24. The maximum atomic E-state index is 12.9. The van der Waals surface area contributed by atoms with Gasteiger partial charge >= 0.3 is 0 Å². The van der Waals surface area contributed by atoms with Crippen molar-refractivity contribution >= 4 is 17.5 Å². The van der Waals surface area contributed by atoms with Crippen molar-refractivity contribution < 1.29 is 14.1 Å². The molecule has 0 aliphatic carbocycles. The Balaban J connectivity index is 1.50. The molecule has 8 nitrogen and oxygen atoms in total. The molecule has 1 unspecified atom stereocenters. The summed E-state index contributed by atoms with van der Waals surface area (Å²) < 4.78 is 5.29.